The molecule has 2 saturated heterocycles. The number of benzene rings is 1. The molecule has 3 nitrogen and oxygen atoms in total. The van der Waals surface area contributed by atoms with Crippen LogP contribution in [0.25, 0.3) is 0 Å². The third-order valence-electron chi connectivity index (χ3n) is 5.17. The molecule has 3 rings (SSSR count). The fourth-order valence-corrected chi connectivity index (χ4v) is 3.96. The molecule has 21 heavy (non-hydrogen) atoms. The van der Waals surface area contributed by atoms with E-state index >= 15 is 0 Å². The van der Waals surface area contributed by atoms with Gasteiger partial charge in [0.2, 0.25) is 0 Å². The van der Waals surface area contributed by atoms with Crippen LogP contribution in [-0.4, -0.2) is 55.6 Å². The van der Waals surface area contributed by atoms with Crippen LogP contribution in [0.3, 0.4) is 0 Å². The van der Waals surface area contributed by atoms with Gasteiger partial charge in [0.1, 0.15) is 0 Å². The average Bonchev–Trinajstić information content (AvgIpc) is 2.87. The maximum atomic E-state index is 3.48. The van der Waals surface area contributed by atoms with E-state index in [9.17, 15) is 0 Å². The van der Waals surface area contributed by atoms with Crippen LogP contribution in [0.2, 0.25) is 0 Å². The number of nitrogens with zero attached hydrogens (tertiary/aromatic N) is 2. The van der Waals surface area contributed by atoms with E-state index in [-0.39, 0.29) is 0 Å². The highest BCUT2D eigenvalue weighted by molar-refractivity contribution is 5.18. The first-order valence-corrected chi connectivity index (χ1v) is 8.55. The summed E-state index contributed by atoms with van der Waals surface area (Å²) >= 11 is 0. The maximum Gasteiger partial charge on any atom is 0.0329 e. The summed E-state index contributed by atoms with van der Waals surface area (Å²) in [6.45, 7) is 6.42. The first kappa shape index (κ1) is 15.0. The average molecular weight is 287 g/mol. The van der Waals surface area contributed by atoms with Gasteiger partial charge in [-0.3, -0.25) is 4.90 Å². The van der Waals surface area contributed by atoms with Crippen molar-refractivity contribution in [3.63, 3.8) is 0 Å². The second-order valence-corrected chi connectivity index (χ2v) is 6.53. The fraction of sp³-hybridized carbons (Fsp3) is 0.667. The molecule has 0 saturated carbocycles. The van der Waals surface area contributed by atoms with E-state index in [0.29, 0.717) is 6.04 Å². The second kappa shape index (κ2) is 7.39. The van der Waals surface area contributed by atoms with Crippen molar-refractivity contribution in [1.82, 2.24) is 15.1 Å². The highest BCUT2D eigenvalue weighted by Gasteiger charge is 2.28. The van der Waals surface area contributed by atoms with Gasteiger partial charge in [-0.25, -0.2) is 0 Å². The molecule has 1 aromatic carbocycles. The molecule has 2 heterocycles. The first-order chi connectivity index (χ1) is 10.4. The van der Waals surface area contributed by atoms with E-state index in [0.717, 1.165) is 6.04 Å². The molecule has 2 aliphatic rings. The maximum absolute atomic E-state index is 3.48. The van der Waals surface area contributed by atoms with Gasteiger partial charge in [0.25, 0.3) is 0 Å². The van der Waals surface area contributed by atoms with Gasteiger partial charge >= 0.3 is 0 Å². The molecule has 0 radical (unpaired) electrons. The molecule has 2 fully saturated rings. The smallest absolute Gasteiger partial charge is 0.0329 e. The van der Waals surface area contributed by atoms with Crippen LogP contribution in [0.4, 0.5) is 0 Å². The standard InChI is InChI=1S/C18H29N3/c1-19-18(16-7-3-2-4-8-16)10-14-20-11-6-13-21-12-5-9-17(21)15-20/h2-4,7-8,17-19H,5-6,9-15H2,1H3. The summed E-state index contributed by atoms with van der Waals surface area (Å²) in [6.07, 6.45) is 5.35. The number of hydrogen-bond acceptors (Lipinski definition) is 3. The summed E-state index contributed by atoms with van der Waals surface area (Å²) in [5.74, 6) is 0. The largest absolute Gasteiger partial charge is 0.313 e. The van der Waals surface area contributed by atoms with Gasteiger partial charge in [0.05, 0.1) is 0 Å². The van der Waals surface area contributed by atoms with E-state index in [1.54, 1.807) is 0 Å². The van der Waals surface area contributed by atoms with Crippen LogP contribution < -0.4 is 5.32 Å². The van der Waals surface area contributed by atoms with Crippen LogP contribution in [0, 0.1) is 0 Å². The Morgan fingerprint density at radius 1 is 1.14 bits per heavy atom. The molecule has 1 aromatic rings. The van der Waals surface area contributed by atoms with Crippen LogP contribution in [-0.2, 0) is 0 Å². The van der Waals surface area contributed by atoms with E-state index in [2.05, 4.69) is 52.5 Å². The monoisotopic (exact) mass is 287 g/mol. The summed E-state index contributed by atoms with van der Waals surface area (Å²) < 4.78 is 0. The van der Waals surface area contributed by atoms with Gasteiger partial charge in [0, 0.05) is 25.2 Å². The van der Waals surface area contributed by atoms with Gasteiger partial charge in [0.15, 0.2) is 0 Å². The lowest BCUT2D eigenvalue weighted by Crippen LogP contribution is -2.37. The van der Waals surface area contributed by atoms with Crippen molar-refractivity contribution in [3.05, 3.63) is 35.9 Å². The van der Waals surface area contributed by atoms with Gasteiger partial charge in [-0.05, 0) is 57.9 Å². The van der Waals surface area contributed by atoms with Crippen LogP contribution >= 0.6 is 0 Å². The highest BCUT2D eigenvalue weighted by Crippen LogP contribution is 2.22. The minimum atomic E-state index is 0.481. The second-order valence-electron chi connectivity index (χ2n) is 6.53. The summed E-state index contributed by atoms with van der Waals surface area (Å²) in [4.78, 5) is 5.41. The highest BCUT2D eigenvalue weighted by atomic mass is 15.3. The molecule has 0 aromatic heterocycles. The van der Waals surface area contributed by atoms with Gasteiger partial charge in [-0.15, -0.1) is 0 Å². The molecule has 116 valence electrons. The summed E-state index contributed by atoms with van der Waals surface area (Å²) in [6, 6.07) is 12.2. The Labute approximate surface area is 129 Å². The van der Waals surface area contributed by atoms with Gasteiger partial charge < -0.3 is 10.2 Å². The fourth-order valence-electron chi connectivity index (χ4n) is 3.96. The Balaban J connectivity index is 1.53. The Bertz CT molecular complexity index is 420. The van der Waals surface area contributed by atoms with Crippen LogP contribution in [0.1, 0.15) is 37.3 Å². The van der Waals surface area contributed by atoms with Crippen molar-refractivity contribution in [3.8, 4) is 0 Å². The minimum Gasteiger partial charge on any atom is -0.313 e. The lowest BCUT2D eigenvalue weighted by Gasteiger charge is -2.27. The predicted octanol–water partition coefficient (Wildman–Crippen LogP) is 2.51. The van der Waals surface area contributed by atoms with Crippen molar-refractivity contribution in [1.29, 1.82) is 0 Å². The van der Waals surface area contributed by atoms with Gasteiger partial charge in [-0.2, -0.15) is 0 Å². The predicted molar refractivity (Wildman–Crippen MR) is 88.5 cm³/mol. The van der Waals surface area contributed by atoms with Crippen molar-refractivity contribution >= 4 is 0 Å². The Kier molecular flexibility index (Phi) is 5.28. The van der Waals surface area contributed by atoms with Crippen molar-refractivity contribution in [2.24, 2.45) is 0 Å². The summed E-state index contributed by atoms with van der Waals surface area (Å²) in [5.41, 5.74) is 1.41. The first-order valence-electron chi connectivity index (χ1n) is 8.55. The number of rotatable bonds is 5. The SMILES string of the molecule is CNC(CCN1CCCN2CCCC2C1)c1ccccc1. The quantitative estimate of drug-likeness (QED) is 0.898. The minimum absolute atomic E-state index is 0.481. The molecule has 2 aliphatic heterocycles. The van der Waals surface area contributed by atoms with Crippen LogP contribution in [0.5, 0.6) is 0 Å². The Morgan fingerprint density at radius 2 is 1.95 bits per heavy atom. The number of fused-ring (bicyclic) bond motifs is 1. The lowest BCUT2D eigenvalue weighted by atomic mass is 10.0. The van der Waals surface area contributed by atoms with Crippen molar-refractivity contribution in [2.45, 2.75) is 37.8 Å². The molecule has 3 heteroatoms. The molecule has 0 bridgehead atoms. The third-order valence-corrected chi connectivity index (χ3v) is 5.17. The zero-order valence-corrected chi connectivity index (χ0v) is 13.3. The molecule has 2 atom stereocenters. The van der Waals surface area contributed by atoms with Gasteiger partial charge in [-0.1, -0.05) is 30.3 Å². The molecular formula is C18H29N3. The Morgan fingerprint density at radius 3 is 2.76 bits per heavy atom. The van der Waals surface area contributed by atoms with Crippen molar-refractivity contribution < 1.29 is 0 Å². The molecule has 0 amide bonds. The van der Waals surface area contributed by atoms with E-state index in [4.69, 9.17) is 0 Å². The zero-order valence-electron chi connectivity index (χ0n) is 13.3. The Hall–Kier alpha value is -0.900. The summed E-state index contributed by atoms with van der Waals surface area (Å²) in [5, 5.41) is 3.48. The lowest BCUT2D eigenvalue weighted by molar-refractivity contribution is 0.214. The third kappa shape index (κ3) is 3.85. The molecule has 2 unspecified atom stereocenters. The molecule has 1 N–H and O–H groups in total. The number of hydrogen-bond donors (Lipinski definition) is 1. The van der Waals surface area contributed by atoms with E-state index in [1.165, 1.54) is 64.0 Å². The normalized spacial score (nSPS) is 25.5. The van der Waals surface area contributed by atoms with Crippen LogP contribution in [0.15, 0.2) is 30.3 Å². The van der Waals surface area contributed by atoms with E-state index in [1.807, 2.05) is 0 Å². The van der Waals surface area contributed by atoms with Crippen molar-refractivity contribution in [2.75, 3.05) is 39.8 Å². The molecular weight excluding hydrogens is 258 g/mol. The number of nitrogens with one attached hydrogen (secondary N) is 1. The summed E-state index contributed by atoms with van der Waals surface area (Å²) in [7, 11) is 2.08. The molecule has 0 spiro atoms. The zero-order chi connectivity index (χ0) is 14.5. The van der Waals surface area contributed by atoms with E-state index < -0.39 is 0 Å². The molecule has 0 aliphatic carbocycles. The topological polar surface area (TPSA) is 18.5 Å².